The molecule has 0 saturated carbocycles. The van der Waals surface area contributed by atoms with E-state index in [0.717, 1.165) is 28.8 Å². The van der Waals surface area contributed by atoms with Crippen LogP contribution in [0.4, 0.5) is 14.5 Å². The van der Waals surface area contributed by atoms with Crippen LogP contribution in [0.2, 0.25) is 0 Å². The molecule has 49 heavy (non-hydrogen) atoms. The van der Waals surface area contributed by atoms with Gasteiger partial charge in [-0.2, -0.15) is 0 Å². The first-order valence-corrected chi connectivity index (χ1v) is 17.0. The molecule has 5 aromatic carbocycles. The average Bonchev–Trinajstić information content (AvgIpc) is 3.10. The van der Waals surface area contributed by atoms with Crippen molar-refractivity contribution in [3.8, 4) is 5.75 Å². The first-order valence-electron chi connectivity index (χ1n) is 15.5. The highest BCUT2D eigenvalue weighted by Crippen LogP contribution is 2.21. The number of rotatable bonds is 14. The third-order valence-electron chi connectivity index (χ3n) is 7.72. The van der Waals surface area contributed by atoms with Gasteiger partial charge in [-0.3, -0.25) is 14.3 Å². The molecule has 0 heterocycles. The van der Waals surface area contributed by atoms with Crippen molar-refractivity contribution in [1.82, 2.24) is 10.2 Å². The lowest BCUT2D eigenvalue weighted by Gasteiger charge is -2.31. The van der Waals surface area contributed by atoms with Crippen LogP contribution in [0.3, 0.4) is 0 Å². The summed E-state index contributed by atoms with van der Waals surface area (Å²) in [5, 5.41) is 2.97. The van der Waals surface area contributed by atoms with E-state index < -0.39 is 40.2 Å². The van der Waals surface area contributed by atoms with Crippen LogP contribution in [0.25, 0.3) is 0 Å². The van der Waals surface area contributed by atoms with Gasteiger partial charge in [0.05, 0.1) is 4.90 Å². The van der Waals surface area contributed by atoms with Crippen molar-refractivity contribution >= 4 is 27.5 Å². The minimum atomic E-state index is -3.98. The summed E-state index contributed by atoms with van der Waals surface area (Å²) in [4.78, 5) is 29.1. The zero-order valence-corrected chi connectivity index (χ0v) is 27.5. The molecule has 5 aromatic rings. The molecular weight excluding hydrogens is 648 g/mol. The van der Waals surface area contributed by atoms with Crippen LogP contribution in [0.1, 0.15) is 22.3 Å². The Morgan fingerprint density at radius 1 is 0.735 bits per heavy atom. The minimum absolute atomic E-state index is 0.00413. The van der Waals surface area contributed by atoms with Gasteiger partial charge >= 0.3 is 0 Å². The van der Waals surface area contributed by atoms with Crippen LogP contribution < -0.4 is 14.8 Å². The number of ether oxygens (including phenoxy) is 1. The molecule has 2 amide bonds. The monoisotopic (exact) mass is 683 g/mol. The Morgan fingerprint density at radius 2 is 1.33 bits per heavy atom. The van der Waals surface area contributed by atoms with Gasteiger partial charge in [-0.15, -0.1) is 0 Å². The van der Waals surface area contributed by atoms with Crippen LogP contribution in [0.15, 0.2) is 132 Å². The van der Waals surface area contributed by atoms with E-state index in [4.69, 9.17) is 4.74 Å². The average molecular weight is 684 g/mol. The van der Waals surface area contributed by atoms with Crippen LogP contribution in [0.5, 0.6) is 5.75 Å². The van der Waals surface area contributed by atoms with Crippen LogP contribution in [0, 0.1) is 18.6 Å². The molecule has 0 fully saturated rings. The molecule has 0 aliphatic heterocycles. The summed E-state index contributed by atoms with van der Waals surface area (Å²) in [5.41, 5.74) is 3.63. The summed E-state index contributed by atoms with van der Waals surface area (Å²) in [5.74, 6) is -1.59. The Kier molecular flexibility index (Phi) is 11.4. The van der Waals surface area contributed by atoms with Gasteiger partial charge in [0.15, 0.2) is 6.61 Å². The van der Waals surface area contributed by atoms with E-state index in [2.05, 4.69) is 10.0 Å². The molecule has 8 nitrogen and oxygen atoms in total. The smallest absolute Gasteiger partial charge is 0.261 e. The molecule has 0 aromatic heterocycles. The molecule has 0 aliphatic rings. The van der Waals surface area contributed by atoms with E-state index in [1.165, 1.54) is 53.4 Å². The number of aryl methyl sites for hydroxylation is 1. The number of hydrogen-bond donors (Lipinski definition) is 2. The van der Waals surface area contributed by atoms with Gasteiger partial charge in [-0.05, 0) is 84.3 Å². The van der Waals surface area contributed by atoms with Crippen molar-refractivity contribution in [2.75, 3.05) is 11.3 Å². The van der Waals surface area contributed by atoms with Crippen LogP contribution in [-0.4, -0.2) is 37.8 Å². The quantitative estimate of drug-likeness (QED) is 0.141. The number of nitrogens with zero attached hydrogens (tertiary/aromatic N) is 1. The zero-order chi connectivity index (χ0) is 34.8. The maximum atomic E-state index is 13.9. The summed E-state index contributed by atoms with van der Waals surface area (Å²) < 4.78 is 60.8. The lowest BCUT2D eigenvalue weighted by molar-refractivity contribution is -0.142. The summed E-state index contributed by atoms with van der Waals surface area (Å²) in [7, 11) is -3.98. The third-order valence-corrected chi connectivity index (χ3v) is 9.11. The SMILES string of the molecule is Cc1ccc(CNC(=O)C(Cc2ccccc2)N(Cc2ccc(F)cc2)C(=O)COc2ccc(S(=O)(=O)Nc3ccc(F)cc3)cc2)cc1. The Balaban J connectivity index is 1.34. The molecule has 0 saturated heterocycles. The fourth-order valence-electron chi connectivity index (χ4n) is 5.03. The molecule has 11 heteroatoms. The van der Waals surface area contributed by atoms with E-state index in [1.54, 1.807) is 12.1 Å². The van der Waals surface area contributed by atoms with E-state index >= 15 is 0 Å². The van der Waals surface area contributed by atoms with Gasteiger partial charge in [0.25, 0.3) is 15.9 Å². The van der Waals surface area contributed by atoms with Crippen molar-refractivity contribution in [3.05, 3.63) is 161 Å². The van der Waals surface area contributed by atoms with Crippen molar-refractivity contribution in [3.63, 3.8) is 0 Å². The van der Waals surface area contributed by atoms with Gasteiger partial charge in [-0.25, -0.2) is 17.2 Å². The predicted octanol–water partition coefficient (Wildman–Crippen LogP) is 6.41. The van der Waals surface area contributed by atoms with Crippen LogP contribution >= 0.6 is 0 Å². The lowest BCUT2D eigenvalue weighted by Crippen LogP contribution is -2.51. The van der Waals surface area contributed by atoms with Gasteiger partial charge in [0.1, 0.15) is 23.4 Å². The highest BCUT2D eigenvalue weighted by molar-refractivity contribution is 7.92. The third kappa shape index (κ3) is 9.97. The number of carbonyl (C=O) groups excluding carboxylic acids is 2. The number of amides is 2. The second-order valence-electron chi connectivity index (χ2n) is 11.4. The lowest BCUT2D eigenvalue weighted by atomic mass is 10.0. The molecule has 0 radical (unpaired) electrons. The summed E-state index contributed by atoms with van der Waals surface area (Å²) in [6.07, 6.45) is 0.209. The summed E-state index contributed by atoms with van der Waals surface area (Å²) >= 11 is 0. The topological polar surface area (TPSA) is 105 Å². The van der Waals surface area contributed by atoms with Crippen molar-refractivity contribution in [2.45, 2.75) is 37.4 Å². The molecule has 0 aliphatic carbocycles. The number of carbonyl (C=O) groups is 2. The largest absolute Gasteiger partial charge is 0.484 e. The standard InChI is InChI=1S/C38H35F2N3O5S/c1-27-7-9-29(10-8-27)24-41-38(45)36(23-28-5-3-2-4-6-28)43(25-30-11-13-31(39)14-12-30)37(44)26-48-34-19-21-35(22-20-34)49(46,47)42-33-17-15-32(40)16-18-33/h2-22,36,42H,23-26H2,1H3,(H,41,45). The molecule has 0 bridgehead atoms. The fourth-order valence-corrected chi connectivity index (χ4v) is 6.09. The number of hydrogen-bond acceptors (Lipinski definition) is 5. The van der Waals surface area contributed by atoms with Crippen molar-refractivity contribution in [1.29, 1.82) is 0 Å². The molecular formula is C38H35F2N3O5S. The second kappa shape index (κ2) is 16.0. The maximum absolute atomic E-state index is 13.9. The second-order valence-corrected chi connectivity index (χ2v) is 13.1. The van der Waals surface area contributed by atoms with Crippen molar-refractivity contribution in [2.24, 2.45) is 0 Å². The maximum Gasteiger partial charge on any atom is 0.261 e. The molecule has 2 N–H and O–H groups in total. The minimum Gasteiger partial charge on any atom is -0.484 e. The molecule has 5 rings (SSSR count). The highest BCUT2D eigenvalue weighted by atomic mass is 32.2. The number of halogens is 2. The number of anilines is 1. The molecule has 1 atom stereocenters. The number of benzene rings is 5. The van der Waals surface area contributed by atoms with E-state index in [9.17, 15) is 26.8 Å². The van der Waals surface area contributed by atoms with E-state index in [0.29, 0.717) is 5.56 Å². The first-order chi connectivity index (χ1) is 23.6. The van der Waals surface area contributed by atoms with Gasteiger partial charge < -0.3 is 15.0 Å². The van der Waals surface area contributed by atoms with Gasteiger partial charge in [0, 0.05) is 25.2 Å². The number of sulfonamides is 1. The molecule has 0 spiro atoms. The van der Waals surface area contributed by atoms with E-state index in [1.807, 2.05) is 61.5 Å². The normalized spacial score (nSPS) is 11.7. The zero-order valence-electron chi connectivity index (χ0n) is 26.7. The number of nitrogens with one attached hydrogen (secondary N) is 2. The summed E-state index contributed by atoms with van der Waals surface area (Å²) in [6, 6.07) is 32.2. The summed E-state index contributed by atoms with van der Waals surface area (Å²) in [6.45, 7) is 1.77. The molecule has 252 valence electrons. The van der Waals surface area contributed by atoms with Crippen LogP contribution in [-0.2, 0) is 39.1 Å². The predicted molar refractivity (Wildman–Crippen MR) is 183 cm³/mol. The first kappa shape index (κ1) is 34.8. The Morgan fingerprint density at radius 3 is 1.96 bits per heavy atom. The van der Waals surface area contributed by atoms with Gasteiger partial charge in [-0.1, -0.05) is 72.3 Å². The Labute approximate surface area is 284 Å². The Bertz CT molecular complexity index is 1960. The Hall–Kier alpha value is -5.55. The fraction of sp³-hybridized carbons (Fsp3) is 0.158. The van der Waals surface area contributed by atoms with E-state index in [-0.39, 0.29) is 41.7 Å². The highest BCUT2D eigenvalue weighted by Gasteiger charge is 2.31. The molecule has 1 unspecified atom stereocenters. The van der Waals surface area contributed by atoms with Crippen molar-refractivity contribution < 1.29 is 31.5 Å². The van der Waals surface area contributed by atoms with Gasteiger partial charge in [0.2, 0.25) is 5.91 Å².